The molecule has 3 aromatic rings. The molecule has 3 aromatic carbocycles. The molecule has 4 N–H and O–H groups in total. The zero-order chi connectivity index (χ0) is 25.2. The smallest absolute Gasteiger partial charge is 0.256 e. The van der Waals surface area contributed by atoms with Gasteiger partial charge in [-0.1, -0.05) is 97.4 Å². The molecule has 0 fully saturated rings. The maximum absolute atomic E-state index is 13.8. The van der Waals surface area contributed by atoms with Crippen molar-refractivity contribution < 1.29 is 9.59 Å². The molecule has 6 heteroatoms. The highest BCUT2D eigenvalue weighted by molar-refractivity contribution is 6.09. The van der Waals surface area contributed by atoms with Crippen molar-refractivity contribution in [3.05, 3.63) is 108 Å². The highest BCUT2D eigenvalue weighted by atomic mass is 16.2. The van der Waals surface area contributed by atoms with Gasteiger partial charge < -0.3 is 11.1 Å². The van der Waals surface area contributed by atoms with Gasteiger partial charge in [-0.2, -0.15) is 0 Å². The molecule has 2 amide bonds. The van der Waals surface area contributed by atoms with E-state index in [1.807, 2.05) is 105 Å². The van der Waals surface area contributed by atoms with Crippen LogP contribution in [0.2, 0.25) is 0 Å². The summed E-state index contributed by atoms with van der Waals surface area (Å²) in [7, 11) is 0. The maximum atomic E-state index is 13.8. The molecule has 3 rings (SSSR count). The van der Waals surface area contributed by atoms with E-state index in [-0.39, 0.29) is 18.5 Å². The van der Waals surface area contributed by atoms with E-state index in [0.29, 0.717) is 5.57 Å². The number of nitrogens with one attached hydrogen (secondary N) is 2. The third kappa shape index (κ3) is 6.17. The van der Waals surface area contributed by atoms with Gasteiger partial charge >= 0.3 is 0 Å². The molecule has 0 saturated carbocycles. The van der Waals surface area contributed by atoms with Crippen molar-refractivity contribution in [1.29, 1.82) is 0 Å². The van der Waals surface area contributed by atoms with Gasteiger partial charge in [0.25, 0.3) is 5.91 Å². The van der Waals surface area contributed by atoms with Crippen LogP contribution in [0.1, 0.15) is 30.5 Å². The molecule has 6 nitrogen and oxygen atoms in total. The number of carbonyl (C=O) groups is 2. The normalized spacial score (nSPS) is 11.2. The molecule has 0 aromatic heterocycles. The van der Waals surface area contributed by atoms with Crippen LogP contribution in [0.3, 0.4) is 0 Å². The lowest BCUT2D eigenvalue weighted by atomic mass is 9.85. The average molecular weight is 467 g/mol. The third-order valence-corrected chi connectivity index (χ3v) is 5.32. The Labute approximate surface area is 206 Å². The van der Waals surface area contributed by atoms with Crippen molar-refractivity contribution in [2.45, 2.75) is 25.9 Å². The molecule has 0 radical (unpaired) electrons. The Morgan fingerprint density at radius 3 is 1.71 bits per heavy atom. The molecular formula is C29H30N4O2. The van der Waals surface area contributed by atoms with Gasteiger partial charge in [-0.25, -0.2) is 5.01 Å². The SMILES string of the molecule is C#CNN(C(=O)CN)[C@@H](C(=O)NC(C)C)C(=C(c1ccccc1)c1ccccc1)c1ccccc1. The Morgan fingerprint density at radius 1 is 0.857 bits per heavy atom. The summed E-state index contributed by atoms with van der Waals surface area (Å²) < 4.78 is 0. The number of nitrogens with two attached hydrogens (primary N) is 1. The minimum absolute atomic E-state index is 0.167. The number of carbonyl (C=O) groups excluding carboxylic acids is 2. The first kappa shape index (κ1) is 25.3. The number of rotatable bonds is 9. The molecule has 0 heterocycles. The van der Waals surface area contributed by atoms with Crippen LogP contribution in [0, 0.1) is 12.5 Å². The Hall–Kier alpha value is -4.34. The third-order valence-electron chi connectivity index (χ3n) is 5.32. The fourth-order valence-corrected chi connectivity index (χ4v) is 3.92. The van der Waals surface area contributed by atoms with Gasteiger partial charge in [-0.05, 0) is 36.1 Å². The van der Waals surface area contributed by atoms with Gasteiger partial charge in [0.05, 0.1) is 6.54 Å². The second-order valence-electron chi connectivity index (χ2n) is 8.18. The van der Waals surface area contributed by atoms with Crippen LogP contribution in [0.15, 0.2) is 91.0 Å². The fourth-order valence-electron chi connectivity index (χ4n) is 3.92. The van der Waals surface area contributed by atoms with Gasteiger partial charge in [0.2, 0.25) is 5.91 Å². The van der Waals surface area contributed by atoms with Crippen LogP contribution < -0.4 is 16.5 Å². The van der Waals surface area contributed by atoms with Crippen LogP contribution in [-0.4, -0.2) is 35.5 Å². The van der Waals surface area contributed by atoms with Crippen molar-refractivity contribution >= 4 is 23.0 Å². The summed E-state index contributed by atoms with van der Waals surface area (Å²) in [4.78, 5) is 26.8. The zero-order valence-corrected chi connectivity index (χ0v) is 19.9. The Morgan fingerprint density at radius 2 is 1.31 bits per heavy atom. The van der Waals surface area contributed by atoms with E-state index in [1.54, 1.807) is 0 Å². The molecule has 35 heavy (non-hydrogen) atoms. The van der Waals surface area contributed by atoms with E-state index >= 15 is 0 Å². The van der Waals surface area contributed by atoms with Crippen LogP contribution >= 0.6 is 0 Å². The zero-order valence-electron chi connectivity index (χ0n) is 19.9. The van der Waals surface area contributed by atoms with Gasteiger partial charge in [0.15, 0.2) is 6.04 Å². The summed E-state index contributed by atoms with van der Waals surface area (Å²) >= 11 is 0. The van der Waals surface area contributed by atoms with E-state index in [9.17, 15) is 9.59 Å². The minimum Gasteiger partial charge on any atom is -0.352 e. The fraction of sp³-hybridized carbons (Fsp3) is 0.172. The molecule has 0 unspecified atom stereocenters. The summed E-state index contributed by atoms with van der Waals surface area (Å²) in [6, 6.07) is 30.1. The van der Waals surface area contributed by atoms with Crippen molar-refractivity contribution in [2.24, 2.45) is 5.73 Å². The highest BCUT2D eigenvalue weighted by Crippen LogP contribution is 2.36. The van der Waals surface area contributed by atoms with Gasteiger partial charge in [-0.15, -0.1) is 0 Å². The lowest BCUT2D eigenvalue weighted by Gasteiger charge is -2.33. The summed E-state index contributed by atoms with van der Waals surface area (Å²) in [6.07, 6.45) is 5.55. The van der Waals surface area contributed by atoms with Gasteiger partial charge in [0.1, 0.15) is 0 Å². The quantitative estimate of drug-likeness (QED) is 0.195. The monoisotopic (exact) mass is 466 g/mol. The maximum Gasteiger partial charge on any atom is 0.256 e. The van der Waals surface area contributed by atoms with Gasteiger partial charge in [0, 0.05) is 17.7 Å². The predicted octanol–water partition coefficient (Wildman–Crippen LogP) is 3.42. The van der Waals surface area contributed by atoms with Crippen LogP contribution in [0.5, 0.6) is 0 Å². The van der Waals surface area contributed by atoms with Crippen molar-refractivity contribution in [1.82, 2.24) is 15.8 Å². The number of hydrogen-bond donors (Lipinski definition) is 3. The number of nitrogens with zero attached hydrogens (tertiary/aromatic N) is 1. The molecule has 0 aliphatic heterocycles. The number of benzene rings is 3. The summed E-state index contributed by atoms with van der Waals surface area (Å²) in [5, 5.41) is 4.10. The lowest BCUT2D eigenvalue weighted by molar-refractivity contribution is -0.139. The number of hydrazine groups is 1. The molecule has 0 spiro atoms. The number of hydrogen-bond acceptors (Lipinski definition) is 4. The molecule has 0 aliphatic carbocycles. The number of amides is 2. The largest absolute Gasteiger partial charge is 0.352 e. The minimum atomic E-state index is -1.11. The number of terminal acetylenes is 1. The first-order valence-corrected chi connectivity index (χ1v) is 11.4. The topological polar surface area (TPSA) is 87.5 Å². The summed E-state index contributed by atoms with van der Waals surface area (Å²) in [6.45, 7) is 3.40. The van der Waals surface area contributed by atoms with Crippen molar-refractivity contribution in [2.75, 3.05) is 6.54 Å². The molecule has 0 bridgehead atoms. The first-order valence-electron chi connectivity index (χ1n) is 11.4. The second kappa shape index (κ2) is 12.2. The van der Waals surface area contributed by atoms with E-state index < -0.39 is 11.9 Å². The molecule has 1 atom stereocenters. The predicted molar refractivity (Wildman–Crippen MR) is 140 cm³/mol. The van der Waals surface area contributed by atoms with Crippen molar-refractivity contribution in [3.63, 3.8) is 0 Å². The van der Waals surface area contributed by atoms with E-state index in [0.717, 1.165) is 27.3 Å². The highest BCUT2D eigenvalue weighted by Gasteiger charge is 2.36. The van der Waals surface area contributed by atoms with Crippen LogP contribution in [0.25, 0.3) is 11.1 Å². The molecular weight excluding hydrogens is 436 g/mol. The summed E-state index contributed by atoms with van der Waals surface area (Å²) in [5.41, 5.74) is 12.3. The van der Waals surface area contributed by atoms with Crippen molar-refractivity contribution in [3.8, 4) is 12.5 Å². The lowest BCUT2D eigenvalue weighted by Crippen LogP contribution is -2.57. The average Bonchev–Trinajstić information content (AvgIpc) is 2.88. The standard InChI is InChI=1S/C29H30N4O2/c1-4-31-33(25(34)20-30)28(29(35)32-21(2)3)27(24-18-12-7-13-19-24)26(22-14-8-5-9-15-22)23-16-10-6-11-17-23/h1,5-19,21,28,31H,20,30H2,2-3H3,(H,32,35)/t28-/m1/s1. The molecule has 0 saturated heterocycles. The van der Waals surface area contributed by atoms with E-state index in [2.05, 4.69) is 16.8 Å². The van der Waals surface area contributed by atoms with Crippen LogP contribution in [0.4, 0.5) is 0 Å². The summed E-state index contributed by atoms with van der Waals surface area (Å²) in [5.74, 6) is -0.895. The van der Waals surface area contributed by atoms with Gasteiger partial charge in [-0.3, -0.25) is 15.0 Å². The molecule has 178 valence electrons. The van der Waals surface area contributed by atoms with Crippen LogP contribution in [-0.2, 0) is 9.59 Å². The van der Waals surface area contributed by atoms with E-state index in [4.69, 9.17) is 12.2 Å². The Balaban J connectivity index is 2.46. The van der Waals surface area contributed by atoms with E-state index in [1.165, 1.54) is 0 Å². The second-order valence-corrected chi connectivity index (χ2v) is 8.18. The Bertz CT molecular complexity index is 1160. The Kier molecular flexibility index (Phi) is 8.82. The molecule has 0 aliphatic rings. The first-order chi connectivity index (χ1) is 17.0.